The minimum absolute atomic E-state index is 0.278. The summed E-state index contributed by atoms with van der Waals surface area (Å²) in [5.41, 5.74) is 1.43. The van der Waals surface area contributed by atoms with Crippen LogP contribution in [0, 0.1) is 5.92 Å². The van der Waals surface area contributed by atoms with Gasteiger partial charge < -0.3 is 9.80 Å². The minimum Gasteiger partial charge on any atom is -0.325 e. The van der Waals surface area contributed by atoms with Crippen molar-refractivity contribution in [2.45, 2.75) is 32.1 Å². The average Bonchev–Trinajstić information content (AvgIpc) is 3.03. The fraction of sp³-hybridized carbons (Fsp3) is 0.588. The van der Waals surface area contributed by atoms with Crippen LogP contribution < -0.4 is 0 Å². The van der Waals surface area contributed by atoms with Crippen molar-refractivity contribution in [3.8, 4) is 0 Å². The molecule has 0 saturated carbocycles. The number of carbonyl (C=O) groups is 1. The molecule has 2 aliphatic rings. The number of piperidine rings is 1. The number of hydrogen-bond donors (Lipinski definition) is 0. The first-order chi connectivity index (χ1) is 9.83. The third-order valence-electron chi connectivity index (χ3n) is 4.63. The monoisotopic (exact) mass is 272 g/mol. The summed E-state index contributed by atoms with van der Waals surface area (Å²) in [5.74, 6) is 0.736. The molecule has 1 aromatic carbocycles. The quantitative estimate of drug-likeness (QED) is 0.811. The molecule has 0 bridgehead atoms. The van der Waals surface area contributed by atoms with Gasteiger partial charge in [0.15, 0.2) is 0 Å². The summed E-state index contributed by atoms with van der Waals surface area (Å²) in [6.07, 6.45) is 5.81. The number of likely N-dealkylation sites (tertiary alicyclic amines) is 2. The van der Waals surface area contributed by atoms with E-state index in [1.54, 1.807) is 0 Å². The largest absolute Gasteiger partial charge is 0.325 e. The molecule has 2 aliphatic heterocycles. The Morgan fingerprint density at radius 1 is 0.950 bits per heavy atom. The van der Waals surface area contributed by atoms with Crippen LogP contribution in [0.25, 0.3) is 0 Å². The highest BCUT2D eigenvalue weighted by Gasteiger charge is 2.27. The molecule has 0 aromatic heterocycles. The number of rotatable bonds is 2. The normalized spacial score (nSPS) is 20.4. The lowest BCUT2D eigenvalue weighted by molar-refractivity contribution is 0.140. The van der Waals surface area contributed by atoms with Crippen LogP contribution in [0.5, 0.6) is 0 Å². The smallest absolute Gasteiger partial charge is 0.319 e. The highest BCUT2D eigenvalue weighted by molar-refractivity contribution is 5.74. The molecule has 3 heteroatoms. The van der Waals surface area contributed by atoms with Crippen LogP contribution in [-0.2, 0) is 6.42 Å². The van der Waals surface area contributed by atoms with E-state index in [4.69, 9.17) is 0 Å². The zero-order chi connectivity index (χ0) is 13.8. The van der Waals surface area contributed by atoms with Gasteiger partial charge in [0.1, 0.15) is 0 Å². The van der Waals surface area contributed by atoms with Gasteiger partial charge in [-0.1, -0.05) is 30.3 Å². The Kier molecular flexibility index (Phi) is 4.24. The molecule has 2 saturated heterocycles. The van der Waals surface area contributed by atoms with Crippen molar-refractivity contribution in [3.05, 3.63) is 35.9 Å². The Labute approximate surface area is 121 Å². The average molecular weight is 272 g/mol. The maximum Gasteiger partial charge on any atom is 0.319 e. The van der Waals surface area contributed by atoms with E-state index in [0.717, 1.165) is 51.4 Å². The van der Waals surface area contributed by atoms with Crippen LogP contribution in [0.4, 0.5) is 4.79 Å². The Morgan fingerprint density at radius 3 is 2.20 bits per heavy atom. The van der Waals surface area contributed by atoms with Gasteiger partial charge in [-0.2, -0.15) is 0 Å². The SMILES string of the molecule is O=C(N1CCCC1)N1CCC(Cc2ccccc2)CC1. The standard InChI is InChI=1S/C17H24N2O/c20-17(18-10-4-5-11-18)19-12-8-16(9-13-19)14-15-6-2-1-3-7-15/h1-3,6-7,16H,4-5,8-14H2. The maximum absolute atomic E-state index is 12.3. The first-order valence-corrected chi connectivity index (χ1v) is 7.91. The van der Waals surface area contributed by atoms with E-state index >= 15 is 0 Å². The lowest BCUT2D eigenvalue weighted by atomic mass is 9.90. The van der Waals surface area contributed by atoms with Gasteiger partial charge in [0, 0.05) is 26.2 Å². The molecule has 0 spiro atoms. The second-order valence-corrected chi connectivity index (χ2v) is 6.10. The van der Waals surface area contributed by atoms with Crippen LogP contribution >= 0.6 is 0 Å². The molecule has 2 amide bonds. The van der Waals surface area contributed by atoms with Crippen molar-refractivity contribution >= 4 is 6.03 Å². The molecule has 0 N–H and O–H groups in total. The van der Waals surface area contributed by atoms with Crippen LogP contribution in [-0.4, -0.2) is 42.0 Å². The molecule has 108 valence electrons. The van der Waals surface area contributed by atoms with E-state index in [2.05, 4.69) is 35.2 Å². The Bertz CT molecular complexity index is 432. The van der Waals surface area contributed by atoms with Crippen molar-refractivity contribution < 1.29 is 4.79 Å². The van der Waals surface area contributed by atoms with E-state index in [1.807, 2.05) is 4.90 Å². The summed E-state index contributed by atoms with van der Waals surface area (Å²) in [6.45, 7) is 3.80. The lowest BCUT2D eigenvalue weighted by Crippen LogP contribution is -2.45. The molecule has 20 heavy (non-hydrogen) atoms. The van der Waals surface area contributed by atoms with Gasteiger partial charge in [0.25, 0.3) is 0 Å². The third kappa shape index (κ3) is 3.14. The molecule has 3 nitrogen and oxygen atoms in total. The first kappa shape index (κ1) is 13.5. The first-order valence-electron chi connectivity index (χ1n) is 7.91. The van der Waals surface area contributed by atoms with E-state index in [-0.39, 0.29) is 6.03 Å². The minimum atomic E-state index is 0.278. The van der Waals surface area contributed by atoms with Gasteiger partial charge in [-0.3, -0.25) is 0 Å². The number of hydrogen-bond acceptors (Lipinski definition) is 1. The number of urea groups is 1. The van der Waals surface area contributed by atoms with Crippen LogP contribution in [0.2, 0.25) is 0 Å². The molecule has 2 fully saturated rings. The van der Waals surface area contributed by atoms with Crippen LogP contribution in [0.3, 0.4) is 0 Å². The fourth-order valence-electron chi connectivity index (χ4n) is 3.38. The van der Waals surface area contributed by atoms with E-state index in [9.17, 15) is 4.79 Å². The Hall–Kier alpha value is -1.51. The Balaban J connectivity index is 1.48. The van der Waals surface area contributed by atoms with Crippen LogP contribution in [0.1, 0.15) is 31.2 Å². The second-order valence-electron chi connectivity index (χ2n) is 6.10. The molecule has 0 aliphatic carbocycles. The maximum atomic E-state index is 12.3. The summed E-state index contributed by atoms with van der Waals surface area (Å²) in [7, 11) is 0. The van der Waals surface area contributed by atoms with Gasteiger partial charge in [0.05, 0.1) is 0 Å². The van der Waals surface area contributed by atoms with Crippen molar-refractivity contribution in [1.82, 2.24) is 9.80 Å². The number of carbonyl (C=O) groups excluding carboxylic acids is 1. The Morgan fingerprint density at radius 2 is 1.55 bits per heavy atom. The molecule has 0 unspecified atom stereocenters. The molecule has 1 aromatic rings. The molecule has 0 radical (unpaired) electrons. The highest BCUT2D eigenvalue weighted by Crippen LogP contribution is 2.23. The topological polar surface area (TPSA) is 23.6 Å². The number of benzene rings is 1. The van der Waals surface area contributed by atoms with Crippen LogP contribution in [0.15, 0.2) is 30.3 Å². The van der Waals surface area contributed by atoms with Gasteiger partial charge in [0.2, 0.25) is 0 Å². The molecular formula is C17H24N2O. The van der Waals surface area contributed by atoms with Gasteiger partial charge in [-0.15, -0.1) is 0 Å². The molecular weight excluding hydrogens is 248 g/mol. The number of amides is 2. The predicted molar refractivity (Wildman–Crippen MR) is 80.6 cm³/mol. The zero-order valence-electron chi connectivity index (χ0n) is 12.1. The molecule has 2 heterocycles. The summed E-state index contributed by atoms with van der Waals surface area (Å²) in [5, 5.41) is 0. The van der Waals surface area contributed by atoms with Crippen molar-refractivity contribution in [3.63, 3.8) is 0 Å². The lowest BCUT2D eigenvalue weighted by Gasteiger charge is -2.34. The van der Waals surface area contributed by atoms with E-state index in [1.165, 1.54) is 18.4 Å². The number of nitrogens with zero attached hydrogens (tertiary/aromatic N) is 2. The van der Waals surface area contributed by atoms with Crippen molar-refractivity contribution in [2.24, 2.45) is 5.92 Å². The zero-order valence-corrected chi connectivity index (χ0v) is 12.1. The third-order valence-corrected chi connectivity index (χ3v) is 4.63. The van der Waals surface area contributed by atoms with Crippen molar-refractivity contribution in [1.29, 1.82) is 0 Å². The molecule has 0 atom stereocenters. The fourth-order valence-corrected chi connectivity index (χ4v) is 3.38. The summed E-state index contributed by atoms with van der Waals surface area (Å²) >= 11 is 0. The summed E-state index contributed by atoms with van der Waals surface area (Å²) in [6, 6.07) is 11.0. The van der Waals surface area contributed by atoms with Crippen molar-refractivity contribution in [2.75, 3.05) is 26.2 Å². The van der Waals surface area contributed by atoms with E-state index in [0.29, 0.717) is 0 Å². The van der Waals surface area contributed by atoms with Gasteiger partial charge >= 0.3 is 6.03 Å². The molecule has 3 rings (SSSR count). The second kappa shape index (κ2) is 6.29. The highest BCUT2D eigenvalue weighted by atomic mass is 16.2. The summed E-state index contributed by atoms with van der Waals surface area (Å²) < 4.78 is 0. The van der Waals surface area contributed by atoms with Gasteiger partial charge in [-0.25, -0.2) is 4.79 Å². The summed E-state index contributed by atoms with van der Waals surface area (Å²) in [4.78, 5) is 16.4. The van der Waals surface area contributed by atoms with Gasteiger partial charge in [-0.05, 0) is 43.6 Å². The predicted octanol–water partition coefficient (Wildman–Crippen LogP) is 3.16. The van der Waals surface area contributed by atoms with E-state index < -0.39 is 0 Å².